The molecule has 0 aromatic carbocycles. The topological polar surface area (TPSA) is 54.7 Å². The monoisotopic (exact) mass is 189 g/mol. The Morgan fingerprint density at radius 3 is 2.93 bits per heavy atom. The summed E-state index contributed by atoms with van der Waals surface area (Å²) in [6, 6.07) is 4.11. The quantitative estimate of drug-likeness (QED) is 0.759. The molecule has 0 aliphatic heterocycles. The third-order valence-corrected chi connectivity index (χ3v) is 2.74. The SMILES string of the molecule is CC(N)C(C)c1c[nH]c2cccnc12. The zero-order chi connectivity index (χ0) is 10.1. The van der Waals surface area contributed by atoms with E-state index < -0.39 is 0 Å². The first-order chi connectivity index (χ1) is 6.70. The van der Waals surface area contributed by atoms with Crippen molar-refractivity contribution in [1.29, 1.82) is 0 Å². The van der Waals surface area contributed by atoms with Gasteiger partial charge >= 0.3 is 0 Å². The fourth-order valence-corrected chi connectivity index (χ4v) is 1.61. The third-order valence-electron chi connectivity index (χ3n) is 2.74. The molecule has 0 bridgehead atoms. The van der Waals surface area contributed by atoms with Crippen molar-refractivity contribution in [2.24, 2.45) is 5.73 Å². The number of H-pyrrole nitrogens is 1. The second-order valence-electron chi connectivity index (χ2n) is 3.79. The van der Waals surface area contributed by atoms with E-state index in [-0.39, 0.29) is 6.04 Å². The van der Waals surface area contributed by atoms with Gasteiger partial charge < -0.3 is 10.7 Å². The van der Waals surface area contributed by atoms with Gasteiger partial charge in [0.25, 0.3) is 0 Å². The van der Waals surface area contributed by atoms with Gasteiger partial charge in [-0.05, 0) is 25.0 Å². The lowest BCUT2D eigenvalue weighted by Crippen LogP contribution is -2.22. The van der Waals surface area contributed by atoms with Gasteiger partial charge in [-0.3, -0.25) is 4.98 Å². The Bertz CT molecular complexity index is 431. The van der Waals surface area contributed by atoms with Gasteiger partial charge in [-0.25, -0.2) is 0 Å². The molecule has 0 fully saturated rings. The van der Waals surface area contributed by atoms with Crippen LogP contribution in [0.3, 0.4) is 0 Å². The highest BCUT2D eigenvalue weighted by atomic mass is 14.8. The van der Waals surface area contributed by atoms with Crippen LogP contribution < -0.4 is 5.73 Å². The average Bonchev–Trinajstić information content (AvgIpc) is 2.60. The highest BCUT2D eigenvalue weighted by Crippen LogP contribution is 2.24. The molecular weight excluding hydrogens is 174 g/mol. The van der Waals surface area contributed by atoms with Crippen molar-refractivity contribution >= 4 is 11.0 Å². The molecule has 0 radical (unpaired) electrons. The van der Waals surface area contributed by atoms with Gasteiger partial charge in [0.15, 0.2) is 0 Å². The minimum Gasteiger partial charge on any atom is -0.360 e. The lowest BCUT2D eigenvalue weighted by atomic mass is 9.97. The minimum absolute atomic E-state index is 0.149. The molecule has 14 heavy (non-hydrogen) atoms. The molecule has 0 saturated carbocycles. The number of pyridine rings is 1. The molecule has 3 heteroatoms. The van der Waals surface area contributed by atoms with Crippen molar-refractivity contribution in [1.82, 2.24) is 9.97 Å². The molecular formula is C11H15N3. The first-order valence-electron chi connectivity index (χ1n) is 4.87. The van der Waals surface area contributed by atoms with E-state index >= 15 is 0 Å². The van der Waals surface area contributed by atoms with Crippen molar-refractivity contribution in [3.63, 3.8) is 0 Å². The molecule has 2 heterocycles. The first kappa shape index (κ1) is 9.21. The van der Waals surface area contributed by atoms with Crippen molar-refractivity contribution in [3.05, 3.63) is 30.1 Å². The molecule has 0 amide bonds. The smallest absolute Gasteiger partial charge is 0.0914 e. The highest BCUT2D eigenvalue weighted by Gasteiger charge is 2.15. The molecule has 2 aromatic heterocycles. The Kier molecular flexibility index (Phi) is 2.25. The van der Waals surface area contributed by atoms with Gasteiger partial charge in [0, 0.05) is 24.0 Å². The molecule has 3 nitrogen and oxygen atoms in total. The van der Waals surface area contributed by atoms with Crippen molar-refractivity contribution in [2.75, 3.05) is 0 Å². The zero-order valence-corrected chi connectivity index (χ0v) is 8.49. The Morgan fingerprint density at radius 2 is 2.21 bits per heavy atom. The summed E-state index contributed by atoms with van der Waals surface area (Å²) in [4.78, 5) is 7.56. The Labute approximate surface area is 83.3 Å². The molecule has 0 saturated heterocycles. The van der Waals surface area contributed by atoms with E-state index in [0.717, 1.165) is 11.0 Å². The van der Waals surface area contributed by atoms with E-state index in [1.807, 2.05) is 31.5 Å². The van der Waals surface area contributed by atoms with Crippen LogP contribution in [0.4, 0.5) is 0 Å². The number of rotatable bonds is 2. The summed E-state index contributed by atoms with van der Waals surface area (Å²) < 4.78 is 0. The number of nitrogens with zero attached hydrogens (tertiary/aromatic N) is 1. The predicted octanol–water partition coefficient (Wildman–Crippen LogP) is 2.01. The number of nitrogens with one attached hydrogen (secondary N) is 1. The third kappa shape index (κ3) is 1.40. The highest BCUT2D eigenvalue weighted by molar-refractivity contribution is 5.79. The van der Waals surface area contributed by atoms with E-state index in [1.165, 1.54) is 5.56 Å². The van der Waals surface area contributed by atoms with Gasteiger partial charge in [-0.2, -0.15) is 0 Å². The summed E-state index contributed by atoms with van der Waals surface area (Å²) in [6.45, 7) is 4.15. The standard InChI is InChI=1S/C11H15N3/c1-7(8(2)12)9-6-14-10-4-3-5-13-11(9)10/h3-8,14H,12H2,1-2H3. The van der Waals surface area contributed by atoms with E-state index in [0.29, 0.717) is 5.92 Å². The van der Waals surface area contributed by atoms with Crippen LogP contribution in [-0.4, -0.2) is 16.0 Å². The second-order valence-corrected chi connectivity index (χ2v) is 3.79. The van der Waals surface area contributed by atoms with E-state index in [2.05, 4.69) is 16.9 Å². The number of nitrogens with two attached hydrogens (primary N) is 1. The maximum atomic E-state index is 5.88. The zero-order valence-electron chi connectivity index (χ0n) is 8.49. The number of aromatic amines is 1. The fourth-order valence-electron chi connectivity index (χ4n) is 1.61. The largest absolute Gasteiger partial charge is 0.360 e. The van der Waals surface area contributed by atoms with Crippen LogP contribution in [-0.2, 0) is 0 Å². The Balaban J connectivity index is 2.53. The van der Waals surface area contributed by atoms with Gasteiger partial charge in [0.05, 0.1) is 11.0 Å². The molecule has 0 aliphatic rings. The Morgan fingerprint density at radius 1 is 1.43 bits per heavy atom. The Hall–Kier alpha value is -1.35. The average molecular weight is 189 g/mol. The summed E-state index contributed by atoms with van der Waals surface area (Å²) in [6.07, 6.45) is 3.82. The van der Waals surface area contributed by atoms with Crippen molar-refractivity contribution < 1.29 is 0 Å². The normalized spacial score (nSPS) is 15.6. The lowest BCUT2D eigenvalue weighted by Gasteiger charge is -2.13. The lowest BCUT2D eigenvalue weighted by molar-refractivity contribution is 0.616. The summed E-state index contributed by atoms with van der Waals surface area (Å²) >= 11 is 0. The molecule has 3 N–H and O–H groups in total. The first-order valence-corrected chi connectivity index (χ1v) is 4.87. The molecule has 0 aliphatic carbocycles. The summed E-state index contributed by atoms with van der Waals surface area (Å²) in [5.74, 6) is 0.332. The number of fused-ring (bicyclic) bond motifs is 1. The summed E-state index contributed by atoms with van der Waals surface area (Å²) in [7, 11) is 0. The van der Waals surface area contributed by atoms with Gasteiger partial charge in [0.2, 0.25) is 0 Å². The van der Waals surface area contributed by atoms with Gasteiger partial charge in [0.1, 0.15) is 0 Å². The molecule has 2 atom stereocenters. The van der Waals surface area contributed by atoms with Crippen molar-refractivity contribution in [3.8, 4) is 0 Å². The van der Waals surface area contributed by atoms with E-state index in [1.54, 1.807) is 0 Å². The van der Waals surface area contributed by atoms with E-state index in [9.17, 15) is 0 Å². The second kappa shape index (κ2) is 3.42. The maximum Gasteiger partial charge on any atom is 0.0914 e. The molecule has 74 valence electrons. The number of hydrogen-bond donors (Lipinski definition) is 2. The van der Waals surface area contributed by atoms with Crippen LogP contribution in [0.1, 0.15) is 25.3 Å². The number of aromatic nitrogens is 2. The van der Waals surface area contributed by atoms with Crippen LogP contribution in [0, 0.1) is 0 Å². The summed E-state index contributed by atoms with van der Waals surface area (Å²) in [5, 5.41) is 0. The van der Waals surface area contributed by atoms with Gasteiger partial charge in [-0.1, -0.05) is 6.92 Å². The predicted molar refractivity (Wildman–Crippen MR) is 58.2 cm³/mol. The van der Waals surface area contributed by atoms with Crippen LogP contribution in [0.15, 0.2) is 24.5 Å². The van der Waals surface area contributed by atoms with Crippen LogP contribution in [0.2, 0.25) is 0 Å². The molecule has 0 spiro atoms. The van der Waals surface area contributed by atoms with Crippen molar-refractivity contribution in [2.45, 2.75) is 25.8 Å². The molecule has 2 aromatic rings. The maximum absolute atomic E-state index is 5.88. The van der Waals surface area contributed by atoms with Crippen LogP contribution in [0.25, 0.3) is 11.0 Å². The van der Waals surface area contributed by atoms with Crippen LogP contribution in [0.5, 0.6) is 0 Å². The van der Waals surface area contributed by atoms with Gasteiger partial charge in [-0.15, -0.1) is 0 Å². The van der Waals surface area contributed by atoms with E-state index in [4.69, 9.17) is 5.73 Å². The minimum atomic E-state index is 0.149. The van der Waals surface area contributed by atoms with Crippen LogP contribution >= 0.6 is 0 Å². The number of hydrogen-bond acceptors (Lipinski definition) is 2. The fraction of sp³-hybridized carbons (Fsp3) is 0.364. The molecule has 2 unspecified atom stereocenters. The molecule has 2 rings (SSSR count). The summed E-state index contributed by atoms with van der Waals surface area (Å²) in [5.41, 5.74) is 9.20.